The Kier molecular flexibility index (Phi) is 4.10. The quantitative estimate of drug-likeness (QED) is 0.546. The predicted molar refractivity (Wildman–Crippen MR) is 107 cm³/mol. The van der Waals surface area contributed by atoms with Gasteiger partial charge in [-0.1, -0.05) is 24.3 Å². The molecule has 0 unspecified atom stereocenters. The maximum atomic E-state index is 5.42. The van der Waals surface area contributed by atoms with E-state index in [0.717, 1.165) is 39.5 Å². The summed E-state index contributed by atoms with van der Waals surface area (Å²) >= 11 is 0. The van der Waals surface area contributed by atoms with Gasteiger partial charge in [-0.2, -0.15) is 4.98 Å². The molecule has 0 saturated heterocycles. The standard InChI is InChI=1S/C21H17N5O2/c1-3-15-4-2-9-22-20(15)16(5-1)25-21-23-10-8-19(26-21)24-12-14-6-7-17-18(11-14)28-13-27-17/h1-11H,12-13H2,(H2,23,24,25,26). The monoisotopic (exact) mass is 371 g/mol. The van der Waals surface area contributed by atoms with E-state index in [9.17, 15) is 0 Å². The Morgan fingerprint density at radius 1 is 0.893 bits per heavy atom. The molecule has 0 aliphatic carbocycles. The van der Waals surface area contributed by atoms with Gasteiger partial charge >= 0.3 is 0 Å². The van der Waals surface area contributed by atoms with Crippen LogP contribution in [0.1, 0.15) is 5.56 Å². The molecule has 138 valence electrons. The molecule has 1 aliphatic heterocycles. The number of nitrogens with zero attached hydrogens (tertiary/aromatic N) is 3. The molecule has 5 rings (SSSR count). The Morgan fingerprint density at radius 2 is 1.82 bits per heavy atom. The average Bonchev–Trinajstić information content (AvgIpc) is 3.21. The third-order valence-electron chi connectivity index (χ3n) is 4.45. The van der Waals surface area contributed by atoms with Crippen molar-refractivity contribution in [3.05, 3.63) is 72.6 Å². The van der Waals surface area contributed by atoms with Crippen molar-refractivity contribution in [1.29, 1.82) is 0 Å². The maximum absolute atomic E-state index is 5.42. The van der Waals surface area contributed by atoms with E-state index in [2.05, 4.69) is 25.6 Å². The van der Waals surface area contributed by atoms with E-state index in [1.54, 1.807) is 12.4 Å². The van der Waals surface area contributed by atoms with Crippen LogP contribution in [-0.2, 0) is 6.54 Å². The lowest BCUT2D eigenvalue weighted by Crippen LogP contribution is -2.04. The van der Waals surface area contributed by atoms with Gasteiger partial charge in [-0.3, -0.25) is 4.98 Å². The molecule has 2 N–H and O–H groups in total. The highest BCUT2D eigenvalue weighted by Gasteiger charge is 2.13. The van der Waals surface area contributed by atoms with Crippen LogP contribution in [-0.4, -0.2) is 21.7 Å². The highest BCUT2D eigenvalue weighted by Crippen LogP contribution is 2.32. The van der Waals surface area contributed by atoms with Crippen molar-refractivity contribution in [2.24, 2.45) is 0 Å². The zero-order valence-electron chi connectivity index (χ0n) is 14.9. The van der Waals surface area contributed by atoms with Crippen LogP contribution in [0.4, 0.5) is 17.5 Å². The van der Waals surface area contributed by atoms with Crippen LogP contribution in [0.2, 0.25) is 0 Å². The summed E-state index contributed by atoms with van der Waals surface area (Å²) in [6.07, 6.45) is 3.49. The first-order valence-corrected chi connectivity index (χ1v) is 8.91. The fourth-order valence-electron chi connectivity index (χ4n) is 3.09. The van der Waals surface area contributed by atoms with Gasteiger partial charge in [0.05, 0.1) is 11.2 Å². The summed E-state index contributed by atoms with van der Waals surface area (Å²) in [5.41, 5.74) is 2.83. The van der Waals surface area contributed by atoms with Crippen molar-refractivity contribution in [3.63, 3.8) is 0 Å². The Balaban J connectivity index is 1.32. The van der Waals surface area contributed by atoms with Crippen molar-refractivity contribution < 1.29 is 9.47 Å². The van der Waals surface area contributed by atoms with Crippen molar-refractivity contribution in [3.8, 4) is 11.5 Å². The van der Waals surface area contributed by atoms with Gasteiger partial charge in [0, 0.05) is 24.3 Å². The van der Waals surface area contributed by atoms with Gasteiger partial charge in [-0.15, -0.1) is 0 Å². The van der Waals surface area contributed by atoms with Gasteiger partial charge in [-0.25, -0.2) is 4.98 Å². The summed E-state index contributed by atoms with van der Waals surface area (Å²) in [5, 5.41) is 7.63. The van der Waals surface area contributed by atoms with Gasteiger partial charge in [0.15, 0.2) is 11.5 Å². The fourth-order valence-corrected chi connectivity index (χ4v) is 3.09. The molecule has 0 spiro atoms. The lowest BCUT2D eigenvalue weighted by molar-refractivity contribution is 0.174. The molecule has 7 nitrogen and oxygen atoms in total. The minimum absolute atomic E-state index is 0.274. The van der Waals surface area contributed by atoms with Gasteiger partial charge in [0.2, 0.25) is 12.7 Å². The zero-order chi connectivity index (χ0) is 18.8. The summed E-state index contributed by atoms with van der Waals surface area (Å²) in [4.78, 5) is 13.3. The van der Waals surface area contributed by atoms with Crippen molar-refractivity contribution in [2.45, 2.75) is 6.54 Å². The Hall–Kier alpha value is -3.87. The topological polar surface area (TPSA) is 81.2 Å². The van der Waals surface area contributed by atoms with E-state index < -0.39 is 0 Å². The second kappa shape index (κ2) is 7.03. The lowest BCUT2D eigenvalue weighted by atomic mass is 10.2. The number of ether oxygens (including phenoxy) is 2. The van der Waals surface area contributed by atoms with Crippen LogP contribution in [0.15, 0.2) is 67.0 Å². The van der Waals surface area contributed by atoms with E-state index >= 15 is 0 Å². The lowest BCUT2D eigenvalue weighted by Gasteiger charge is -2.10. The normalized spacial score (nSPS) is 12.1. The second-order valence-electron chi connectivity index (χ2n) is 6.31. The molecule has 0 amide bonds. The number of hydrogen-bond donors (Lipinski definition) is 2. The van der Waals surface area contributed by atoms with Crippen LogP contribution >= 0.6 is 0 Å². The summed E-state index contributed by atoms with van der Waals surface area (Å²) < 4.78 is 10.8. The number of benzene rings is 2. The molecule has 3 heterocycles. The van der Waals surface area contributed by atoms with E-state index in [1.165, 1.54) is 0 Å². The summed E-state index contributed by atoms with van der Waals surface area (Å²) in [6.45, 7) is 0.888. The van der Waals surface area contributed by atoms with Crippen LogP contribution in [0.25, 0.3) is 10.9 Å². The van der Waals surface area contributed by atoms with Crippen molar-refractivity contribution >= 4 is 28.4 Å². The summed E-state index contributed by atoms with van der Waals surface area (Å²) in [5.74, 6) is 2.78. The van der Waals surface area contributed by atoms with E-state index in [0.29, 0.717) is 12.5 Å². The summed E-state index contributed by atoms with van der Waals surface area (Å²) in [6, 6.07) is 17.6. The number of anilines is 3. The number of para-hydroxylation sites is 1. The van der Waals surface area contributed by atoms with E-state index in [-0.39, 0.29) is 6.79 Å². The van der Waals surface area contributed by atoms with Gasteiger partial charge in [0.25, 0.3) is 0 Å². The number of hydrogen-bond acceptors (Lipinski definition) is 7. The Morgan fingerprint density at radius 3 is 2.82 bits per heavy atom. The molecule has 2 aromatic carbocycles. The first-order chi connectivity index (χ1) is 13.8. The molecule has 4 aromatic rings. The Labute approximate surface area is 161 Å². The third kappa shape index (κ3) is 3.25. The van der Waals surface area contributed by atoms with Gasteiger partial charge in [-0.05, 0) is 35.9 Å². The van der Waals surface area contributed by atoms with E-state index in [1.807, 2.05) is 54.6 Å². The van der Waals surface area contributed by atoms with Crippen LogP contribution in [0, 0.1) is 0 Å². The maximum Gasteiger partial charge on any atom is 0.231 e. The molecule has 7 heteroatoms. The number of aromatic nitrogens is 3. The van der Waals surface area contributed by atoms with Gasteiger partial charge < -0.3 is 20.1 Å². The highest BCUT2D eigenvalue weighted by molar-refractivity contribution is 5.91. The average molecular weight is 371 g/mol. The van der Waals surface area contributed by atoms with Crippen LogP contribution in [0.5, 0.6) is 11.5 Å². The molecular formula is C21H17N5O2. The zero-order valence-corrected chi connectivity index (χ0v) is 14.9. The minimum atomic E-state index is 0.274. The third-order valence-corrected chi connectivity index (χ3v) is 4.45. The van der Waals surface area contributed by atoms with E-state index in [4.69, 9.17) is 9.47 Å². The fraction of sp³-hybridized carbons (Fsp3) is 0.0952. The predicted octanol–water partition coefficient (Wildman–Crippen LogP) is 4.11. The number of fused-ring (bicyclic) bond motifs is 2. The number of nitrogens with one attached hydrogen (secondary N) is 2. The highest BCUT2D eigenvalue weighted by atomic mass is 16.7. The molecule has 28 heavy (non-hydrogen) atoms. The van der Waals surface area contributed by atoms with Gasteiger partial charge in [0.1, 0.15) is 5.82 Å². The molecular weight excluding hydrogens is 354 g/mol. The van der Waals surface area contributed by atoms with Crippen molar-refractivity contribution in [2.75, 3.05) is 17.4 Å². The number of rotatable bonds is 5. The molecule has 0 fully saturated rings. The molecule has 2 aromatic heterocycles. The molecule has 1 aliphatic rings. The number of pyridine rings is 1. The van der Waals surface area contributed by atoms with Crippen molar-refractivity contribution in [1.82, 2.24) is 15.0 Å². The Bertz CT molecular complexity index is 1140. The smallest absolute Gasteiger partial charge is 0.231 e. The van der Waals surface area contributed by atoms with Crippen LogP contribution in [0.3, 0.4) is 0 Å². The molecule has 0 bridgehead atoms. The molecule has 0 saturated carbocycles. The first-order valence-electron chi connectivity index (χ1n) is 8.91. The first kappa shape index (κ1) is 16.3. The molecule has 0 radical (unpaired) electrons. The second-order valence-corrected chi connectivity index (χ2v) is 6.31. The SMILES string of the molecule is c1cnc2c(Nc3nccc(NCc4ccc5c(c4)OCO5)n3)cccc2c1. The molecule has 0 atom stereocenters. The minimum Gasteiger partial charge on any atom is -0.454 e. The van der Waals surface area contributed by atoms with Crippen LogP contribution < -0.4 is 20.1 Å². The largest absolute Gasteiger partial charge is 0.454 e. The summed E-state index contributed by atoms with van der Waals surface area (Å²) in [7, 11) is 0.